The van der Waals surface area contributed by atoms with Gasteiger partial charge in [-0.25, -0.2) is 0 Å². The highest BCUT2D eigenvalue weighted by Gasteiger charge is 2.24. The molecule has 2 atom stereocenters. The molecule has 0 bridgehead atoms. The molecule has 0 saturated carbocycles. The van der Waals surface area contributed by atoms with Crippen molar-refractivity contribution < 1.29 is 0 Å². The fraction of sp³-hybridized carbons (Fsp3) is 0.667. The molecule has 0 aliphatic heterocycles. The SMILES string of the molecule is CNC(CCN(C)C(C)C(C)(C)C)c1ccccc1C. The third kappa shape index (κ3) is 4.60. The molecule has 0 heterocycles. The number of rotatable bonds is 6. The monoisotopic (exact) mass is 276 g/mol. The van der Waals surface area contributed by atoms with Gasteiger partial charge in [0.15, 0.2) is 0 Å². The third-order valence-corrected chi connectivity index (χ3v) is 4.60. The lowest BCUT2D eigenvalue weighted by atomic mass is 9.87. The van der Waals surface area contributed by atoms with Crippen molar-refractivity contribution in [2.24, 2.45) is 5.41 Å². The zero-order chi connectivity index (χ0) is 15.3. The van der Waals surface area contributed by atoms with Crippen LogP contribution in [-0.2, 0) is 0 Å². The van der Waals surface area contributed by atoms with Gasteiger partial charge in [-0.2, -0.15) is 0 Å². The van der Waals surface area contributed by atoms with Crippen LogP contribution in [-0.4, -0.2) is 31.6 Å². The summed E-state index contributed by atoms with van der Waals surface area (Å²) in [5.41, 5.74) is 3.12. The molecule has 114 valence electrons. The van der Waals surface area contributed by atoms with Crippen LogP contribution in [0.3, 0.4) is 0 Å². The average molecular weight is 276 g/mol. The Morgan fingerprint density at radius 2 is 1.80 bits per heavy atom. The van der Waals surface area contributed by atoms with E-state index in [4.69, 9.17) is 0 Å². The largest absolute Gasteiger partial charge is 0.313 e. The Labute approximate surface area is 125 Å². The molecule has 0 saturated heterocycles. The standard InChI is InChI=1S/C18H32N2/c1-14-10-8-9-11-16(14)17(19-6)12-13-20(7)15(2)18(3,4)5/h8-11,15,17,19H,12-13H2,1-7H3. The molecule has 0 spiro atoms. The minimum absolute atomic E-state index is 0.326. The maximum atomic E-state index is 3.47. The van der Waals surface area contributed by atoms with Crippen molar-refractivity contribution >= 4 is 0 Å². The molecule has 0 aliphatic carbocycles. The number of nitrogens with zero attached hydrogens (tertiary/aromatic N) is 1. The summed E-state index contributed by atoms with van der Waals surface area (Å²) in [5.74, 6) is 0. The van der Waals surface area contributed by atoms with Crippen LogP contribution >= 0.6 is 0 Å². The van der Waals surface area contributed by atoms with Crippen LogP contribution in [0.25, 0.3) is 0 Å². The van der Waals surface area contributed by atoms with Gasteiger partial charge < -0.3 is 10.2 Å². The molecule has 1 aromatic rings. The molecule has 0 fully saturated rings. The molecule has 0 amide bonds. The maximum absolute atomic E-state index is 3.47. The third-order valence-electron chi connectivity index (χ3n) is 4.60. The highest BCUT2D eigenvalue weighted by atomic mass is 15.1. The Hall–Kier alpha value is -0.860. The normalized spacial score (nSPS) is 15.4. The second-order valence-corrected chi connectivity index (χ2v) is 7.01. The Morgan fingerprint density at radius 1 is 1.20 bits per heavy atom. The van der Waals surface area contributed by atoms with Crippen molar-refractivity contribution in [1.82, 2.24) is 10.2 Å². The van der Waals surface area contributed by atoms with Gasteiger partial charge in [-0.3, -0.25) is 0 Å². The molecule has 2 nitrogen and oxygen atoms in total. The van der Waals surface area contributed by atoms with E-state index in [9.17, 15) is 0 Å². The minimum Gasteiger partial charge on any atom is -0.313 e. The maximum Gasteiger partial charge on any atom is 0.0332 e. The van der Waals surface area contributed by atoms with Crippen molar-refractivity contribution in [1.29, 1.82) is 0 Å². The predicted octanol–water partition coefficient (Wildman–Crippen LogP) is 4.01. The van der Waals surface area contributed by atoms with E-state index in [1.165, 1.54) is 11.1 Å². The van der Waals surface area contributed by atoms with E-state index in [2.05, 4.69) is 83.2 Å². The van der Waals surface area contributed by atoms with E-state index < -0.39 is 0 Å². The fourth-order valence-electron chi connectivity index (χ4n) is 2.62. The van der Waals surface area contributed by atoms with Crippen molar-refractivity contribution in [3.8, 4) is 0 Å². The van der Waals surface area contributed by atoms with Gasteiger partial charge in [0.05, 0.1) is 0 Å². The number of aryl methyl sites for hydroxylation is 1. The van der Waals surface area contributed by atoms with Gasteiger partial charge in [-0.1, -0.05) is 45.0 Å². The molecule has 1 rings (SSSR count). The summed E-state index contributed by atoms with van der Waals surface area (Å²) in [4.78, 5) is 2.47. The summed E-state index contributed by atoms with van der Waals surface area (Å²) in [5, 5.41) is 3.47. The zero-order valence-corrected chi connectivity index (χ0v) is 14.3. The summed E-state index contributed by atoms with van der Waals surface area (Å²) in [6, 6.07) is 9.70. The first-order valence-corrected chi connectivity index (χ1v) is 7.70. The molecule has 20 heavy (non-hydrogen) atoms. The molecule has 0 aliphatic rings. The Balaban J connectivity index is 2.65. The van der Waals surface area contributed by atoms with Crippen LogP contribution < -0.4 is 5.32 Å². The van der Waals surface area contributed by atoms with Gasteiger partial charge >= 0.3 is 0 Å². The van der Waals surface area contributed by atoms with E-state index >= 15 is 0 Å². The zero-order valence-electron chi connectivity index (χ0n) is 14.3. The summed E-state index contributed by atoms with van der Waals surface area (Å²) in [6.45, 7) is 12.6. The summed E-state index contributed by atoms with van der Waals surface area (Å²) in [7, 11) is 4.30. The van der Waals surface area contributed by atoms with Gasteiger partial charge in [0.25, 0.3) is 0 Å². The van der Waals surface area contributed by atoms with Crippen molar-refractivity contribution in [3.05, 3.63) is 35.4 Å². The predicted molar refractivity (Wildman–Crippen MR) is 89.1 cm³/mol. The molecule has 1 N–H and O–H groups in total. The molecular weight excluding hydrogens is 244 g/mol. The van der Waals surface area contributed by atoms with Crippen molar-refractivity contribution in [3.63, 3.8) is 0 Å². The minimum atomic E-state index is 0.326. The molecule has 0 aromatic heterocycles. The number of nitrogens with one attached hydrogen (secondary N) is 1. The summed E-state index contributed by atoms with van der Waals surface area (Å²) in [6.07, 6.45) is 1.14. The Morgan fingerprint density at radius 3 is 2.30 bits per heavy atom. The quantitative estimate of drug-likeness (QED) is 0.844. The molecule has 1 aromatic carbocycles. The van der Waals surface area contributed by atoms with E-state index in [1.54, 1.807) is 0 Å². The fourth-order valence-corrected chi connectivity index (χ4v) is 2.62. The van der Waals surface area contributed by atoms with Crippen LogP contribution in [0.2, 0.25) is 0 Å². The average Bonchev–Trinajstić information content (AvgIpc) is 2.39. The lowest BCUT2D eigenvalue weighted by Crippen LogP contribution is -2.40. The second-order valence-electron chi connectivity index (χ2n) is 7.01. The van der Waals surface area contributed by atoms with Gasteiger partial charge in [0.1, 0.15) is 0 Å². The first-order valence-electron chi connectivity index (χ1n) is 7.70. The van der Waals surface area contributed by atoms with Crippen LogP contribution in [0.4, 0.5) is 0 Å². The van der Waals surface area contributed by atoms with E-state index in [1.807, 2.05) is 0 Å². The Bertz CT molecular complexity index is 406. The first-order chi connectivity index (χ1) is 9.27. The van der Waals surface area contributed by atoms with Crippen LogP contribution in [0.5, 0.6) is 0 Å². The number of hydrogen-bond acceptors (Lipinski definition) is 2. The van der Waals surface area contributed by atoms with Crippen molar-refractivity contribution in [2.75, 3.05) is 20.6 Å². The molecule has 2 heteroatoms. The van der Waals surface area contributed by atoms with E-state index in [-0.39, 0.29) is 0 Å². The molecule has 0 radical (unpaired) electrons. The molecule has 2 unspecified atom stereocenters. The van der Waals surface area contributed by atoms with Crippen LogP contribution in [0.15, 0.2) is 24.3 Å². The lowest BCUT2D eigenvalue weighted by molar-refractivity contribution is 0.136. The number of hydrogen-bond donors (Lipinski definition) is 1. The second kappa shape index (κ2) is 7.24. The van der Waals surface area contributed by atoms with Gasteiger partial charge in [0, 0.05) is 12.1 Å². The molecular formula is C18H32N2. The van der Waals surface area contributed by atoms with Crippen LogP contribution in [0.1, 0.15) is 51.3 Å². The van der Waals surface area contributed by atoms with Gasteiger partial charge in [0.2, 0.25) is 0 Å². The van der Waals surface area contributed by atoms with Gasteiger partial charge in [-0.05, 0) is 57.5 Å². The van der Waals surface area contributed by atoms with E-state index in [0.717, 1.165) is 13.0 Å². The first kappa shape index (κ1) is 17.2. The highest BCUT2D eigenvalue weighted by Crippen LogP contribution is 2.25. The van der Waals surface area contributed by atoms with Crippen molar-refractivity contribution in [2.45, 2.75) is 53.1 Å². The van der Waals surface area contributed by atoms with Crippen LogP contribution in [0, 0.1) is 12.3 Å². The van der Waals surface area contributed by atoms with Gasteiger partial charge in [-0.15, -0.1) is 0 Å². The highest BCUT2D eigenvalue weighted by molar-refractivity contribution is 5.28. The summed E-state index contributed by atoms with van der Waals surface area (Å²) >= 11 is 0. The smallest absolute Gasteiger partial charge is 0.0332 e. The summed E-state index contributed by atoms with van der Waals surface area (Å²) < 4.78 is 0. The van der Waals surface area contributed by atoms with E-state index in [0.29, 0.717) is 17.5 Å². The lowest BCUT2D eigenvalue weighted by Gasteiger charge is -2.36. The number of benzene rings is 1. The Kier molecular flexibility index (Phi) is 6.22. The topological polar surface area (TPSA) is 15.3 Å².